The van der Waals surface area contributed by atoms with Gasteiger partial charge in [0, 0.05) is 6.04 Å². The van der Waals surface area contributed by atoms with Gasteiger partial charge in [0.1, 0.15) is 5.75 Å². The van der Waals surface area contributed by atoms with Crippen molar-refractivity contribution in [3.8, 4) is 5.75 Å². The largest absolute Gasteiger partial charge is 0.496 e. The SMILES string of the molecule is CCCC(N)CCCc1ccccc1OC. The number of hydrogen-bond donors (Lipinski definition) is 1. The van der Waals surface area contributed by atoms with Gasteiger partial charge >= 0.3 is 0 Å². The maximum Gasteiger partial charge on any atom is 0.122 e. The van der Waals surface area contributed by atoms with Gasteiger partial charge in [-0.1, -0.05) is 31.5 Å². The van der Waals surface area contributed by atoms with Crippen LogP contribution in [0.1, 0.15) is 38.2 Å². The fraction of sp³-hybridized carbons (Fsp3) is 0.571. The summed E-state index contributed by atoms with van der Waals surface area (Å²) in [5.74, 6) is 0.992. The zero-order chi connectivity index (χ0) is 11.8. The standard InChI is InChI=1S/C14H23NO/c1-3-7-13(15)10-6-9-12-8-4-5-11-14(12)16-2/h4-5,8,11,13H,3,6-7,9-10,15H2,1-2H3. The third-order valence-corrected chi connectivity index (χ3v) is 2.87. The monoisotopic (exact) mass is 221 g/mol. The predicted molar refractivity (Wildman–Crippen MR) is 68.8 cm³/mol. The van der Waals surface area contributed by atoms with Gasteiger partial charge in [-0.3, -0.25) is 0 Å². The molecule has 1 atom stereocenters. The van der Waals surface area contributed by atoms with E-state index in [1.807, 2.05) is 12.1 Å². The van der Waals surface area contributed by atoms with Crippen molar-refractivity contribution in [1.82, 2.24) is 0 Å². The Hall–Kier alpha value is -1.02. The summed E-state index contributed by atoms with van der Waals surface area (Å²) in [4.78, 5) is 0. The summed E-state index contributed by atoms with van der Waals surface area (Å²) in [5, 5.41) is 0. The van der Waals surface area contributed by atoms with Crippen LogP contribution in [0.15, 0.2) is 24.3 Å². The predicted octanol–water partition coefficient (Wildman–Crippen LogP) is 3.15. The van der Waals surface area contributed by atoms with E-state index in [-0.39, 0.29) is 0 Å². The Labute approximate surface area is 98.8 Å². The first-order valence-corrected chi connectivity index (χ1v) is 6.15. The van der Waals surface area contributed by atoms with Crippen LogP contribution in [0.2, 0.25) is 0 Å². The summed E-state index contributed by atoms with van der Waals surface area (Å²) >= 11 is 0. The van der Waals surface area contributed by atoms with Gasteiger partial charge in [-0.05, 0) is 37.3 Å². The van der Waals surface area contributed by atoms with Crippen molar-refractivity contribution in [3.63, 3.8) is 0 Å². The molecule has 0 aliphatic rings. The molecular weight excluding hydrogens is 198 g/mol. The van der Waals surface area contributed by atoms with E-state index < -0.39 is 0 Å². The van der Waals surface area contributed by atoms with Crippen LogP contribution < -0.4 is 10.5 Å². The Morgan fingerprint density at radius 2 is 2.00 bits per heavy atom. The second kappa shape index (κ2) is 7.29. The molecule has 0 amide bonds. The van der Waals surface area contributed by atoms with E-state index in [1.165, 1.54) is 12.0 Å². The molecule has 0 fully saturated rings. The smallest absolute Gasteiger partial charge is 0.122 e. The van der Waals surface area contributed by atoms with Crippen LogP contribution in [0.25, 0.3) is 0 Å². The Morgan fingerprint density at radius 1 is 1.25 bits per heavy atom. The molecule has 0 aliphatic heterocycles. The van der Waals surface area contributed by atoms with Crippen LogP contribution in [-0.4, -0.2) is 13.2 Å². The van der Waals surface area contributed by atoms with E-state index in [4.69, 9.17) is 10.5 Å². The molecule has 0 radical (unpaired) electrons. The molecule has 1 aromatic carbocycles. The van der Waals surface area contributed by atoms with Crippen LogP contribution in [-0.2, 0) is 6.42 Å². The van der Waals surface area contributed by atoms with Crippen molar-refractivity contribution >= 4 is 0 Å². The lowest BCUT2D eigenvalue weighted by atomic mass is 10.0. The first kappa shape index (κ1) is 13.0. The lowest BCUT2D eigenvalue weighted by Gasteiger charge is -2.11. The highest BCUT2D eigenvalue weighted by molar-refractivity contribution is 5.33. The summed E-state index contributed by atoms with van der Waals surface area (Å²) < 4.78 is 5.32. The van der Waals surface area contributed by atoms with Crippen LogP contribution >= 0.6 is 0 Å². The zero-order valence-electron chi connectivity index (χ0n) is 10.4. The number of methoxy groups -OCH3 is 1. The summed E-state index contributed by atoms with van der Waals surface area (Å²) in [5.41, 5.74) is 7.27. The van der Waals surface area contributed by atoms with Crippen molar-refractivity contribution in [2.75, 3.05) is 7.11 Å². The number of rotatable bonds is 7. The minimum atomic E-state index is 0.361. The van der Waals surface area contributed by atoms with Gasteiger partial charge in [0.2, 0.25) is 0 Å². The molecule has 1 rings (SSSR count). The molecule has 0 aliphatic carbocycles. The number of para-hydroxylation sites is 1. The number of aryl methyl sites for hydroxylation is 1. The van der Waals surface area contributed by atoms with E-state index >= 15 is 0 Å². The number of ether oxygens (including phenoxy) is 1. The topological polar surface area (TPSA) is 35.2 Å². The molecule has 0 saturated carbocycles. The van der Waals surface area contributed by atoms with Gasteiger partial charge in [-0.2, -0.15) is 0 Å². The Balaban J connectivity index is 2.36. The van der Waals surface area contributed by atoms with E-state index in [0.717, 1.165) is 31.4 Å². The van der Waals surface area contributed by atoms with Crippen LogP contribution in [0.3, 0.4) is 0 Å². The van der Waals surface area contributed by atoms with E-state index in [0.29, 0.717) is 6.04 Å². The van der Waals surface area contributed by atoms with Gasteiger partial charge in [0.15, 0.2) is 0 Å². The first-order valence-electron chi connectivity index (χ1n) is 6.15. The van der Waals surface area contributed by atoms with Gasteiger partial charge in [-0.15, -0.1) is 0 Å². The maximum atomic E-state index is 5.99. The Morgan fingerprint density at radius 3 is 2.69 bits per heavy atom. The molecule has 0 bridgehead atoms. The fourth-order valence-electron chi connectivity index (χ4n) is 1.98. The second-order valence-corrected chi connectivity index (χ2v) is 4.25. The first-order chi connectivity index (χ1) is 7.77. The van der Waals surface area contributed by atoms with Crippen LogP contribution in [0, 0.1) is 0 Å². The lowest BCUT2D eigenvalue weighted by molar-refractivity contribution is 0.408. The van der Waals surface area contributed by atoms with Crippen molar-refractivity contribution < 1.29 is 4.74 Å². The lowest BCUT2D eigenvalue weighted by Crippen LogP contribution is -2.19. The van der Waals surface area contributed by atoms with Crippen LogP contribution in [0.5, 0.6) is 5.75 Å². The third-order valence-electron chi connectivity index (χ3n) is 2.87. The molecule has 0 aromatic heterocycles. The Kier molecular flexibility index (Phi) is 5.94. The van der Waals surface area contributed by atoms with Gasteiger partial charge in [-0.25, -0.2) is 0 Å². The molecule has 90 valence electrons. The highest BCUT2D eigenvalue weighted by atomic mass is 16.5. The number of hydrogen-bond acceptors (Lipinski definition) is 2. The van der Waals surface area contributed by atoms with Gasteiger partial charge < -0.3 is 10.5 Å². The van der Waals surface area contributed by atoms with E-state index in [9.17, 15) is 0 Å². The molecule has 0 saturated heterocycles. The third kappa shape index (κ3) is 4.23. The van der Waals surface area contributed by atoms with Crippen molar-refractivity contribution in [3.05, 3.63) is 29.8 Å². The second-order valence-electron chi connectivity index (χ2n) is 4.25. The minimum Gasteiger partial charge on any atom is -0.496 e. The molecule has 1 aromatic rings. The molecule has 0 spiro atoms. The number of nitrogens with two attached hydrogens (primary N) is 1. The fourth-order valence-corrected chi connectivity index (χ4v) is 1.98. The molecule has 1 unspecified atom stereocenters. The summed E-state index contributed by atoms with van der Waals surface area (Å²) in [6.45, 7) is 2.18. The molecule has 2 nitrogen and oxygen atoms in total. The average Bonchev–Trinajstić information content (AvgIpc) is 2.30. The van der Waals surface area contributed by atoms with Gasteiger partial charge in [0.05, 0.1) is 7.11 Å². The molecule has 2 heteroatoms. The van der Waals surface area contributed by atoms with Gasteiger partial charge in [0.25, 0.3) is 0 Å². The summed E-state index contributed by atoms with van der Waals surface area (Å²) in [7, 11) is 1.72. The summed E-state index contributed by atoms with van der Waals surface area (Å²) in [6.07, 6.45) is 5.61. The molecule has 0 heterocycles. The maximum absolute atomic E-state index is 5.99. The van der Waals surface area contributed by atoms with Crippen LogP contribution in [0.4, 0.5) is 0 Å². The van der Waals surface area contributed by atoms with Crippen molar-refractivity contribution in [2.45, 2.75) is 45.1 Å². The average molecular weight is 221 g/mol. The highest BCUT2D eigenvalue weighted by Crippen LogP contribution is 2.19. The molecule has 16 heavy (non-hydrogen) atoms. The van der Waals surface area contributed by atoms with Crippen molar-refractivity contribution in [2.24, 2.45) is 5.73 Å². The Bertz CT molecular complexity index is 299. The normalized spacial score (nSPS) is 12.4. The number of benzene rings is 1. The molecular formula is C14H23NO. The quantitative estimate of drug-likeness (QED) is 0.767. The zero-order valence-corrected chi connectivity index (χ0v) is 10.4. The van der Waals surface area contributed by atoms with Crippen molar-refractivity contribution in [1.29, 1.82) is 0 Å². The minimum absolute atomic E-state index is 0.361. The molecule has 2 N–H and O–H groups in total. The highest BCUT2D eigenvalue weighted by Gasteiger charge is 2.04. The summed E-state index contributed by atoms with van der Waals surface area (Å²) in [6, 6.07) is 8.57. The van der Waals surface area contributed by atoms with E-state index in [2.05, 4.69) is 19.1 Å². The van der Waals surface area contributed by atoms with E-state index in [1.54, 1.807) is 7.11 Å².